The molecule has 2 unspecified atom stereocenters. The summed E-state index contributed by atoms with van der Waals surface area (Å²) in [5.74, 6) is 2.03. The van der Waals surface area contributed by atoms with Gasteiger partial charge in [0.1, 0.15) is 0 Å². The van der Waals surface area contributed by atoms with E-state index in [2.05, 4.69) is 27.7 Å². The fraction of sp³-hybridized carbons (Fsp3) is 1.00. The lowest BCUT2D eigenvalue weighted by atomic mass is 9.84. The molecule has 0 N–H and O–H groups in total. The third kappa shape index (κ3) is 9.97. The van der Waals surface area contributed by atoms with Crippen molar-refractivity contribution in [1.82, 2.24) is 0 Å². The molecule has 0 aliphatic rings. The van der Waals surface area contributed by atoms with Crippen molar-refractivity contribution in [3.63, 3.8) is 0 Å². The van der Waals surface area contributed by atoms with Gasteiger partial charge in [-0.1, -0.05) is 98.3 Å². The standard InChI is InChI=1S/C18H38/c1-5-9-11-12-15-18(13-7-3)16-17(8-4)14-10-6-2/h17-18H,5-16H2,1-4H3. The van der Waals surface area contributed by atoms with Crippen LogP contribution in [0.3, 0.4) is 0 Å². The lowest BCUT2D eigenvalue weighted by Gasteiger charge is -2.22. The Labute approximate surface area is 117 Å². The quantitative estimate of drug-likeness (QED) is 0.311. The first-order chi connectivity index (χ1) is 8.78. The van der Waals surface area contributed by atoms with Gasteiger partial charge in [0.2, 0.25) is 0 Å². The first-order valence-corrected chi connectivity index (χ1v) is 8.78. The van der Waals surface area contributed by atoms with Crippen LogP contribution in [0.5, 0.6) is 0 Å². The van der Waals surface area contributed by atoms with Crippen LogP contribution in [0.1, 0.15) is 105 Å². The van der Waals surface area contributed by atoms with Crippen LogP contribution in [-0.2, 0) is 0 Å². The highest BCUT2D eigenvalue weighted by Gasteiger charge is 2.14. The second-order valence-corrected chi connectivity index (χ2v) is 6.16. The summed E-state index contributed by atoms with van der Waals surface area (Å²) in [4.78, 5) is 0. The average molecular weight is 255 g/mol. The van der Waals surface area contributed by atoms with Crippen LogP contribution < -0.4 is 0 Å². The Morgan fingerprint density at radius 2 is 1.22 bits per heavy atom. The highest BCUT2D eigenvalue weighted by molar-refractivity contribution is 4.66. The van der Waals surface area contributed by atoms with Gasteiger partial charge in [-0.25, -0.2) is 0 Å². The largest absolute Gasteiger partial charge is 0.0654 e. The fourth-order valence-electron chi connectivity index (χ4n) is 3.10. The summed E-state index contributed by atoms with van der Waals surface area (Å²) in [5, 5.41) is 0. The van der Waals surface area contributed by atoms with Crippen molar-refractivity contribution in [3.05, 3.63) is 0 Å². The van der Waals surface area contributed by atoms with Crippen LogP contribution in [0, 0.1) is 11.8 Å². The van der Waals surface area contributed by atoms with E-state index >= 15 is 0 Å². The van der Waals surface area contributed by atoms with Crippen molar-refractivity contribution < 1.29 is 0 Å². The van der Waals surface area contributed by atoms with Gasteiger partial charge in [-0.2, -0.15) is 0 Å². The van der Waals surface area contributed by atoms with Crippen LogP contribution in [0.25, 0.3) is 0 Å². The predicted octanol–water partition coefficient (Wildman–Crippen LogP) is 6.98. The predicted molar refractivity (Wildman–Crippen MR) is 85.1 cm³/mol. The molecule has 0 nitrogen and oxygen atoms in total. The molecule has 0 saturated carbocycles. The number of rotatable bonds is 13. The van der Waals surface area contributed by atoms with Crippen LogP contribution >= 0.6 is 0 Å². The summed E-state index contributed by atoms with van der Waals surface area (Å²) >= 11 is 0. The summed E-state index contributed by atoms with van der Waals surface area (Å²) in [6.45, 7) is 9.37. The molecule has 0 aromatic rings. The van der Waals surface area contributed by atoms with Gasteiger partial charge in [-0.05, 0) is 18.3 Å². The smallest absolute Gasteiger partial charge is 0.0412 e. The van der Waals surface area contributed by atoms with E-state index in [0.717, 1.165) is 11.8 Å². The summed E-state index contributed by atoms with van der Waals surface area (Å²) < 4.78 is 0. The topological polar surface area (TPSA) is 0 Å². The molecular formula is C18H38. The van der Waals surface area contributed by atoms with Crippen LogP contribution in [-0.4, -0.2) is 0 Å². The molecule has 0 aromatic heterocycles. The van der Waals surface area contributed by atoms with Gasteiger partial charge >= 0.3 is 0 Å². The van der Waals surface area contributed by atoms with E-state index < -0.39 is 0 Å². The van der Waals surface area contributed by atoms with Gasteiger partial charge in [0, 0.05) is 0 Å². The van der Waals surface area contributed by atoms with Crippen LogP contribution in [0.2, 0.25) is 0 Å². The third-order valence-electron chi connectivity index (χ3n) is 4.37. The minimum atomic E-state index is 1.01. The van der Waals surface area contributed by atoms with Crippen molar-refractivity contribution in [2.75, 3.05) is 0 Å². The second-order valence-electron chi connectivity index (χ2n) is 6.16. The first kappa shape index (κ1) is 18.0. The van der Waals surface area contributed by atoms with Crippen LogP contribution in [0.15, 0.2) is 0 Å². The minimum Gasteiger partial charge on any atom is -0.0654 e. The van der Waals surface area contributed by atoms with Crippen molar-refractivity contribution in [3.8, 4) is 0 Å². The Bertz CT molecular complexity index is 150. The summed E-state index contributed by atoms with van der Waals surface area (Å²) in [6.07, 6.45) is 17.3. The van der Waals surface area contributed by atoms with E-state index in [1.165, 1.54) is 77.0 Å². The zero-order valence-electron chi connectivity index (χ0n) is 13.6. The Morgan fingerprint density at radius 1 is 0.556 bits per heavy atom. The molecule has 0 amide bonds. The number of hydrogen-bond donors (Lipinski definition) is 0. The van der Waals surface area contributed by atoms with Gasteiger partial charge in [0.05, 0.1) is 0 Å². The molecule has 0 heteroatoms. The van der Waals surface area contributed by atoms with Gasteiger partial charge < -0.3 is 0 Å². The average Bonchev–Trinajstić information content (AvgIpc) is 2.39. The molecule has 0 saturated heterocycles. The molecule has 0 heterocycles. The maximum absolute atomic E-state index is 2.39. The molecule has 0 aliphatic carbocycles. The molecule has 2 atom stereocenters. The molecule has 18 heavy (non-hydrogen) atoms. The van der Waals surface area contributed by atoms with E-state index in [4.69, 9.17) is 0 Å². The first-order valence-electron chi connectivity index (χ1n) is 8.78. The second kappa shape index (κ2) is 13.4. The van der Waals surface area contributed by atoms with Gasteiger partial charge in [0.15, 0.2) is 0 Å². The number of hydrogen-bond acceptors (Lipinski definition) is 0. The summed E-state index contributed by atoms with van der Waals surface area (Å²) in [7, 11) is 0. The van der Waals surface area contributed by atoms with Crippen molar-refractivity contribution >= 4 is 0 Å². The van der Waals surface area contributed by atoms with Crippen molar-refractivity contribution in [2.24, 2.45) is 11.8 Å². The lowest BCUT2D eigenvalue weighted by molar-refractivity contribution is 0.301. The zero-order valence-corrected chi connectivity index (χ0v) is 13.6. The van der Waals surface area contributed by atoms with Gasteiger partial charge in [0.25, 0.3) is 0 Å². The van der Waals surface area contributed by atoms with E-state index in [1.54, 1.807) is 0 Å². The minimum absolute atomic E-state index is 1.01. The molecule has 0 aliphatic heterocycles. The number of unbranched alkanes of at least 4 members (excludes halogenated alkanes) is 4. The Morgan fingerprint density at radius 3 is 1.78 bits per heavy atom. The monoisotopic (exact) mass is 254 g/mol. The van der Waals surface area contributed by atoms with E-state index in [1.807, 2.05) is 0 Å². The van der Waals surface area contributed by atoms with Crippen molar-refractivity contribution in [1.29, 1.82) is 0 Å². The molecule has 0 fully saturated rings. The molecule has 0 radical (unpaired) electrons. The van der Waals surface area contributed by atoms with E-state index in [0.29, 0.717) is 0 Å². The molecule has 0 aromatic carbocycles. The third-order valence-corrected chi connectivity index (χ3v) is 4.37. The maximum Gasteiger partial charge on any atom is -0.0412 e. The van der Waals surface area contributed by atoms with E-state index in [-0.39, 0.29) is 0 Å². The normalized spacial score (nSPS) is 14.7. The summed E-state index contributed by atoms with van der Waals surface area (Å²) in [6, 6.07) is 0. The Kier molecular flexibility index (Phi) is 13.4. The maximum atomic E-state index is 2.39. The van der Waals surface area contributed by atoms with Crippen LogP contribution in [0.4, 0.5) is 0 Å². The van der Waals surface area contributed by atoms with E-state index in [9.17, 15) is 0 Å². The Balaban J connectivity index is 3.89. The van der Waals surface area contributed by atoms with Crippen molar-refractivity contribution in [2.45, 2.75) is 105 Å². The molecule has 110 valence electrons. The fourth-order valence-corrected chi connectivity index (χ4v) is 3.10. The molecule has 0 spiro atoms. The highest BCUT2D eigenvalue weighted by Crippen LogP contribution is 2.28. The zero-order chi connectivity index (χ0) is 13.6. The highest BCUT2D eigenvalue weighted by atomic mass is 14.2. The Hall–Kier alpha value is 0. The summed E-state index contributed by atoms with van der Waals surface area (Å²) in [5.41, 5.74) is 0. The SMILES string of the molecule is CCCCCCC(CCC)CC(CC)CCCC. The van der Waals surface area contributed by atoms with Gasteiger partial charge in [-0.3, -0.25) is 0 Å². The molecule has 0 rings (SSSR count). The lowest BCUT2D eigenvalue weighted by Crippen LogP contribution is -2.09. The van der Waals surface area contributed by atoms with Gasteiger partial charge in [-0.15, -0.1) is 0 Å². The molecular weight excluding hydrogens is 216 g/mol. The molecule has 0 bridgehead atoms.